The van der Waals surface area contributed by atoms with E-state index in [2.05, 4.69) is 20.9 Å². The van der Waals surface area contributed by atoms with Crippen molar-refractivity contribution in [2.75, 3.05) is 11.9 Å². The van der Waals surface area contributed by atoms with Crippen molar-refractivity contribution in [2.45, 2.75) is 0 Å². The first-order valence-electron chi connectivity index (χ1n) is 4.16. The van der Waals surface area contributed by atoms with E-state index in [4.69, 9.17) is 7.85 Å². The van der Waals surface area contributed by atoms with Gasteiger partial charge in [0.1, 0.15) is 5.82 Å². The van der Waals surface area contributed by atoms with E-state index >= 15 is 0 Å². The molecule has 64 valence electrons. The van der Waals surface area contributed by atoms with E-state index in [0.29, 0.717) is 9.37 Å². The quantitative estimate of drug-likeness (QED) is 0.806. The van der Waals surface area contributed by atoms with Crippen LogP contribution in [0.1, 0.15) is 2.74 Å². The van der Waals surface area contributed by atoms with E-state index in [-0.39, 0.29) is 5.82 Å². The molecule has 0 saturated carbocycles. The first kappa shape index (κ1) is 6.42. The minimum atomic E-state index is -1.63. The van der Waals surface area contributed by atoms with Gasteiger partial charge in [0.25, 0.3) is 0 Å². The lowest BCUT2D eigenvalue weighted by Gasteiger charge is -2.10. The number of nitrogens with zero attached hydrogens (tertiary/aromatic N) is 2. The summed E-state index contributed by atoms with van der Waals surface area (Å²) < 4.78 is 14.7. The van der Waals surface area contributed by atoms with Gasteiger partial charge in [-0.05, 0) is 12.1 Å². The van der Waals surface area contributed by atoms with E-state index in [9.17, 15) is 4.79 Å². The molecule has 1 rings (SSSR count). The zero-order valence-corrected chi connectivity index (χ0v) is 7.52. The van der Waals surface area contributed by atoms with Gasteiger partial charge < -0.3 is 5.11 Å². The van der Waals surface area contributed by atoms with Crippen LogP contribution in [0.15, 0.2) is 22.8 Å². The van der Waals surface area contributed by atoms with Crippen molar-refractivity contribution in [1.82, 2.24) is 4.98 Å². The summed E-state index contributed by atoms with van der Waals surface area (Å²) in [6.07, 6.45) is 0.0307. The van der Waals surface area contributed by atoms with Crippen LogP contribution in [0.3, 0.4) is 0 Å². The van der Waals surface area contributed by atoms with Crippen LogP contribution in [-0.2, 0) is 0 Å². The molecular weight excluding hydrogens is 224 g/mol. The number of halogens is 1. The molecule has 5 heteroatoms. The summed E-state index contributed by atoms with van der Waals surface area (Å²) in [5.41, 5.74) is 0. The van der Waals surface area contributed by atoms with Crippen molar-refractivity contribution >= 4 is 27.8 Å². The van der Waals surface area contributed by atoms with Crippen LogP contribution in [0.25, 0.3) is 0 Å². The highest BCUT2D eigenvalue weighted by Gasteiger charge is 2.08. The van der Waals surface area contributed by atoms with E-state index < -0.39 is 13.1 Å². The highest BCUT2D eigenvalue weighted by atomic mass is 79.9. The molecule has 0 bridgehead atoms. The lowest BCUT2D eigenvalue weighted by molar-refractivity contribution is 0.203. The molecule has 1 amide bonds. The second-order valence-corrected chi connectivity index (χ2v) is 2.90. The van der Waals surface area contributed by atoms with Crippen molar-refractivity contribution in [3.63, 3.8) is 0 Å². The fraction of sp³-hybridized carbons (Fsp3) is 0.143. The molecule has 0 unspecified atom stereocenters. The Kier molecular flexibility index (Phi) is 1.89. The number of anilines is 1. The van der Waals surface area contributed by atoms with Gasteiger partial charge in [0.15, 0.2) is 0 Å². The highest BCUT2D eigenvalue weighted by Crippen LogP contribution is 2.15. The van der Waals surface area contributed by atoms with Crippen molar-refractivity contribution in [2.24, 2.45) is 0 Å². The monoisotopic (exact) mass is 232 g/mol. The van der Waals surface area contributed by atoms with Gasteiger partial charge in [-0.15, -0.1) is 0 Å². The average molecular weight is 233 g/mol. The molecule has 0 atom stereocenters. The fourth-order valence-electron chi connectivity index (χ4n) is 0.623. The topological polar surface area (TPSA) is 53.4 Å². The zero-order valence-electron chi connectivity index (χ0n) is 7.94. The van der Waals surface area contributed by atoms with Gasteiger partial charge in [0.2, 0.25) is 0 Å². The number of hydrogen-bond acceptors (Lipinski definition) is 2. The molecule has 0 aliphatic heterocycles. The summed E-state index contributed by atoms with van der Waals surface area (Å²) in [5.74, 6) is 0.0573. The van der Waals surface area contributed by atoms with Crippen LogP contribution in [0, 0.1) is 0 Å². The Hall–Kier alpha value is -1.10. The Morgan fingerprint density at radius 1 is 1.92 bits per heavy atom. The summed E-state index contributed by atoms with van der Waals surface area (Å²) in [4.78, 5) is 15.0. The van der Waals surface area contributed by atoms with Crippen LogP contribution in [-0.4, -0.2) is 23.2 Å². The first-order chi connectivity index (χ1) is 6.52. The van der Waals surface area contributed by atoms with Gasteiger partial charge in [-0.25, -0.2) is 9.78 Å². The van der Waals surface area contributed by atoms with Crippen LogP contribution in [0.5, 0.6) is 0 Å². The van der Waals surface area contributed by atoms with E-state index in [1.165, 1.54) is 12.3 Å². The highest BCUT2D eigenvalue weighted by molar-refractivity contribution is 9.10. The Balaban J connectivity index is 3.05. The molecule has 1 aromatic rings. The fourth-order valence-corrected chi connectivity index (χ4v) is 0.946. The van der Waals surface area contributed by atoms with Gasteiger partial charge >= 0.3 is 6.09 Å². The van der Waals surface area contributed by atoms with E-state index in [1.54, 1.807) is 6.07 Å². The van der Waals surface area contributed by atoms with Gasteiger partial charge in [-0.3, -0.25) is 4.90 Å². The normalized spacial score (nSPS) is 12.2. The molecule has 4 nitrogen and oxygen atoms in total. The second-order valence-electron chi connectivity index (χ2n) is 1.98. The number of amides is 1. The Morgan fingerprint density at radius 2 is 2.67 bits per heavy atom. The van der Waals surface area contributed by atoms with Gasteiger partial charge in [-0.2, -0.15) is 0 Å². The maximum absolute atomic E-state index is 10.7. The molecule has 0 aromatic carbocycles. The van der Waals surface area contributed by atoms with Crippen LogP contribution >= 0.6 is 15.9 Å². The molecule has 1 heterocycles. The second kappa shape index (κ2) is 3.53. The smallest absolute Gasteiger partial charge is 0.412 e. The molecule has 0 saturated heterocycles. The van der Waals surface area contributed by atoms with E-state index in [1.807, 2.05) is 0 Å². The summed E-state index contributed by atoms with van der Waals surface area (Å²) >= 11 is 3.15. The third kappa shape index (κ3) is 1.94. The Labute approximate surface area is 80.8 Å². The molecule has 1 aromatic heterocycles. The number of carboxylic acid groups (broad SMARTS) is 1. The number of aromatic nitrogens is 1. The maximum atomic E-state index is 10.7. The third-order valence-corrected chi connectivity index (χ3v) is 1.65. The van der Waals surface area contributed by atoms with Crippen molar-refractivity contribution in [3.05, 3.63) is 22.8 Å². The molecule has 0 radical (unpaired) electrons. The Bertz CT molecular complexity index is 348. The Morgan fingerprint density at radius 3 is 3.17 bits per heavy atom. The van der Waals surface area contributed by atoms with E-state index in [0.717, 1.165) is 0 Å². The van der Waals surface area contributed by atoms with Crippen LogP contribution in [0.2, 0.25) is 0 Å². The van der Waals surface area contributed by atoms with Gasteiger partial charge in [0.05, 0.1) is 0 Å². The third-order valence-electron chi connectivity index (χ3n) is 1.16. The molecule has 1 N–H and O–H groups in total. The van der Waals surface area contributed by atoms with Crippen LogP contribution < -0.4 is 4.90 Å². The molecule has 0 aliphatic rings. The maximum Gasteiger partial charge on any atom is 0.412 e. The average Bonchev–Trinajstić information content (AvgIpc) is 2.02. The van der Waals surface area contributed by atoms with Crippen molar-refractivity contribution in [3.8, 4) is 0 Å². The largest absolute Gasteiger partial charge is 0.465 e. The molecule has 0 fully saturated rings. The summed E-state index contributed by atoms with van der Waals surface area (Å²) in [7, 11) is 0. The van der Waals surface area contributed by atoms with Gasteiger partial charge in [-0.1, -0.05) is 15.9 Å². The standard InChI is InChI=1S/C7H7BrN2O2/c1-10(7(11)12)6-4-5(8)2-3-9-6/h2-4H,1H3,(H,11,12)/i1D2. The lowest BCUT2D eigenvalue weighted by atomic mass is 10.4. The van der Waals surface area contributed by atoms with Crippen molar-refractivity contribution in [1.29, 1.82) is 0 Å². The minimum absolute atomic E-state index is 0.0573. The SMILES string of the molecule is [2H]C([2H])N(C(=O)O)c1cc(Br)ccn1. The predicted octanol–water partition coefficient (Wildman–Crippen LogP) is 1.96. The first-order valence-corrected chi connectivity index (χ1v) is 3.80. The number of hydrogen-bond donors (Lipinski definition) is 1. The molecule has 12 heavy (non-hydrogen) atoms. The van der Waals surface area contributed by atoms with Crippen LogP contribution in [0.4, 0.5) is 10.6 Å². The molecule has 0 aliphatic carbocycles. The lowest BCUT2D eigenvalue weighted by Crippen LogP contribution is -2.24. The number of rotatable bonds is 1. The molecular formula is C7H7BrN2O2. The zero-order chi connectivity index (χ0) is 10.7. The minimum Gasteiger partial charge on any atom is -0.465 e. The number of carbonyl (C=O) groups is 1. The number of pyridine rings is 1. The predicted molar refractivity (Wildman–Crippen MR) is 48.4 cm³/mol. The summed E-state index contributed by atoms with van der Waals surface area (Å²) in [5, 5.41) is 8.72. The summed E-state index contributed by atoms with van der Waals surface area (Å²) in [6, 6.07) is 3.07. The molecule has 0 spiro atoms. The van der Waals surface area contributed by atoms with Gasteiger partial charge in [0, 0.05) is 20.4 Å². The summed E-state index contributed by atoms with van der Waals surface area (Å²) in [6.45, 7) is -1.63. The van der Waals surface area contributed by atoms with Crippen molar-refractivity contribution < 1.29 is 12.6 Å².